The molecule has 0 heterocycles. The molecule has 0 radical (unpaired) electrons. The Hall–Kier alpha value is -1.02. The standard InChI is InChI=1S/C17H28N2/c1-14-7-10-17(15(2)13-14)19(3)12-6-4-5-11-18-16-8-9-16/h7,10,13,16,18H,4-6,8-9,11-12H2,1-3H3. The molecular formula is C17H28N2. The zero-order valence-electron chi connectivity index (χ0n) is 12.7. The molecule has 0 amide bonds. The van der Waals surface area contributed by atoms with Gasteiger partial charge in [-0.05, 0) is 57.7 Å². The highest BCUT2D eigenvalue weighted by atomic mass is 15.1. The van der Waals surface area contributed by atoms with Gasteiger partial charge in [-0.15, -0.1) is 0 Å². The molecule has 1 saturated carbocycles. The van der Waals surface area contributed by atoms with E-state index in [1.54, 1.807) is 0 Å². The van der Waals surface area contributed by atoms with Gasteiger partial charge < -0.3 is 10.2 Å². The molecule has 1 aromatic carbocycles. The van der Waals surface area contributed by atoms with E-state index < -0.39 is 0 Å². The van der Waals surface area contributed by atoms with Crippen LogP contribution in [0.2, 0.25) is 0 Å². The molecule has 0 atom stereocenters. The molecule has 0 aliphatic heterocycles. The molecule has 0 bridgehead atoms. The summed E-state index contributed by atoms with van der Waals surface area (Å²) in [5, 5.41) is 3.58. The summed E-state index contributed by atoms with van der Waals surface area (Å²) in [5.41, 5.74) is 4.11. The minimum absolute atomic E-state index is 0.859. The molecule has 19 heavy (non-hydrogen) atoms. The number of hydrogen-bond acceptors (Lipinski definition) is 2. The number of benzene rings is 1. The maximum Gasteiger partial charge on any atom is 0.0393 e. The largest absolute Gasteiger partial charge is 0.374 e. The second-order valence-electron chi connectivity index (χ2n) is 6.00. The zero-order valence-corrected chi connectivity index (χ0v) is 12.7. The SMILES string of the molecule is Cc1ccc(N(C)CCCCCNC2CC2)c(C)c1. The summed E-state index contributed by atoms with van der Waals surface area (Å²) in [6.45, 7) is 6.73. The van der Waals surface area contributed by atoms with E-state index in [2.05, 4.69) is 49.3 Å². The first-order chi connectivity index (χ1) is 9.16. The maximum atomic E-state index is 3.58. The summed E-state index contributed by atoms with van der Waals surface area (Å²) in [6.07, 6.45) is 6.73. The van der Waals surface area contributed by atoms with Crippen molar-refractivity contribution < 1.29 is 0 Å². The van der Waals surface area contributed by atoms with Crippen molar-refractivity contribution in [2.75, 3.05) is 25.0 Å². The number of nitrogens with one attached hydrogen (secondary N) is 1. The molecule has 2 nitrogen and oxygen atoms in total. The van der Waals surface area contributed by atoms with E-state index in [1.165, 1.54) is 55.5 Å². The van der Waals surface area contributed by atoms with Gasteiger partial charge in [0.05, 0.1) is 0 Å². The molecule has 1 fully saturated rings. The molecule has 0 saturated heterocycles. The average molecular weight is 260 g/mol. The fourth-order valence-corrected chi connectivity index (χ4v) is 2.60. The van der Waals surface area contributed by atoms with E-state index in [1.807, 2.05) is 0 Å². The lowest BCUT2D eigenvalue weighted by atomic mass is 10.1. The summed E-state index contributed by atoms with van der Waals surface area (Å²) in [6, 6.07) is 7.58. The highest BCUT2D eigenvalue weighted by molar-refractivity contribution is 5.53. The predicted molar refractivity (Wildman–Crippen MR) is 84.1 cm³/mol. The Morgan fingerprint density at radius 1 is 1.16 bits per heavy atom. The topological polar surface area (TPSA) is 15.3 Å². The molecular weight excluding hydrogens is 232 g/mol. The minimum atomic E-state index is 0.859. The Labute approximate surface area is 118 Å². The van der Waals surface area contributed by atoms with Crippen molar-refractivity contribution >= 4 is 5.69 Å². The van der Waals surface area contributed by atoms with E-state index in [4.69, 9.17) is 0 Å². The monoisotopic (exact) mass is 260 g/mol. The van der Waals surface area contributed by atoms with Gasteiger partial charge in [0.15, 0.2) is 0 Å². The van der Waals surface area contributed by atoms with E-state index >= 15 is 0 Å². The number of anilines is 1. The van der Waals surface area contributed by atoms with Crippen LogP contribution in [-0.2, 0) is 0 Å². The second kappa shape index (κ2) is 6.95. The van der Waals surface area contributed by atoms with Crippen LogP contribution in [0.3, 0.4) is 0 Å². The van der Waals surface area contributed by atoms with Gasteiger partial charge in [-0.1, -0.05) is 24.1 Å². The van der Waals surface area contributed by atoms with Crippen LogP contribution in [0.1, 0.15) is 43.2 Å². The number of hydrogen-bond donors (Lipinski definition) is 1. The van der Waals surface area contributed by atoms with E-state index in [-0.39, 0.29) is 0 Å². The van der Waals surface area contributed by atoms with E-state index in [0.29, 0.717) is 0 Å². The van der Waals surface area contributed by atoms with Crippen LogP contribution in [0.25, 0.3) is 0 Å². The van der Waals surface area contributed by atoms with Crippen LogP contribution in [0.4, 0.5) is 5.69 Å². The van der Waals surface area contributed by atoms with Gasteiger partial charge in [0, 0.05) is 25.3 Å². The first kappa shape index (κ1) is 14.4. The number of nitrogens with zero attached hydrogens (tertiary/aromatic N) is 1. The molecule has 1 aliphatic rings. The molecule has 1 aliphatic carbocycles. The van der Waals surface area contributed by atoms with Crippen molar-refractivity contribution in [1.29, 1.82) is 0 Å². The van der Waals surface area contributed by atoms with Gasteiger partial charge in [-0.25, -0.2) is 0 Å². The van der Waals surface area contributed by atoms with Crippen molar-refractivity contribution in [2.45, 2.75) is 52.0 Å². The molecule has 106 valence electrons. The van der Waals surface area contributed by atoms with Gasteiger partial charge in [-0.3, -0.25) is 0 Å². The maximum absolute atomic E-state index is 3.58. The molecule has 1 aromatic rings. The second-order valence-corrected chi connectivity index (χ2v) is 6.00. The smallest absolute Gasteiger partial charge is 0.0393 e. The summed E-state index contributed by atoms with van der Waals surface area (Å²) in [5.74, 6) is 0. The Morgan fingerprint density at radius 2 is 1.95 bits per heavy atom. The third-order valence-corrected chi connectivity index (χ3v) is 3.94. The normalized spacial score (nSPS) is 14.7. The predicted octanol–water partition coefficient (Wildman–Crippen LogP) is 3.66. The Balaban J connectivity index is 1.63. The molecule has 0 unspecified atom stereocenters. The Morgan fingerprint density at radius 3 is 2.63 bits per heavy atom. The molecule has 2 rings (SSSR count). The van der Waals surface area contributed by atoms with Gasteiger partial charge in [0.2, 0.25) is 0 Å². The van der Waals surface area contributed by atoms with Crippen molar-refractivity contribution in [1.82, 2.24) is 5.32 Å². The molecule has 0 aromatic heterocycles. The van der Waals surface area contributed by atoms with Crippen molar-refractivity contribution in [3.05, 3.63) is 29.3 Å². The lowest BCUT2D eigenvalue weighted by Gasteiger charge is -2.21. The van der Waals surface area contributed by atoms with Crippen LogP contribution >= 0.6 is 0 Å². The van der Waals surface area contributed by atoms with Crippen LogP contribution in [0.15, 0.2) is 18.2 Å². The van der Waals surface area contributed by atoms with Crippen LogP contribution in [0, 0.1) is 13.8 Å². The lowest BCUT2D eigenvalue weighted by Crippen LogP contribution is -2.20. The summed E-state index contributed by atoms with van der Waals surface area (Å²) < 4.78 is 0. The Bertz CT molecular complexity index is 396. The highest BCUT2D eigenvalue weighted by Crippen LogP contribution is 2.20. The first-order valence-electron chi connectivity index (χ1n) is 7.68. The summed E-state index contributed by atoms with van der Waals surface area (Å²) in [7, 11) is 2.21. The highest BCUT2D eigenvalue weighted by Gasteiger charge is 2.19. The van der Waals surface area contributed by atoms with Crippen molar-refractivity contribution in [3.63, 3.8) is 0 Å². The third kappa shape index (κ3) is 4.87. The lowest BCUT2D eigenvalue weighted by molar-refractivity contribution is 0.599. The zero-order chi connectivity index (χ0) is 13.7. The Kier molecular flexibility index (Phi) is 5.26. The van der Waals surface area contributed by atoms with Gasteiger partial charge in [0.25, 0.3) is 0 Å². The first-order valence-corrected chi connectivity index (χ1v) is 7.68. The quantitative estimate of drug-likeness (QED) is 0.718. The molecule has 2 heteroatoms. The van der Waals surface area contributed by atoms with Crippen LogP contribution in [-0.4, -0.2) is 26.2 Å². The molecule has 0 spiro atoms. The average Bonchev–Trinajstić information content (AvgIpc) is 3.17. The van der Waals surface area contributed by atoms with Crippen molar-refractivity contribution in [2.24, 2.45) is 0 Å². The number of rotatable bonds is 8. The fourth-order valence-electron chi connectivity index (χ4n) is 2.60. The summed E-state index contributed by atoms with van der Waals surface area (Å²) >= 11 is 0. The molecule has 1 N–H and O–H groups in total. The number of aryl methyl sites for hydroxylation is 2. The third-order valence-electron chi connectivity index (χ3n) is 3.94. The van der Waals surface area contributed by atoms with Crippen molar-refractivity contribution in [3.8, 4) is 0 Å². The van der Waals surface area contributed by atoms with Gasteiger partial charge in [-0.2, -0.15) is 0 Å². The van der Waals surface area contributed by atoms with Crippen LogP contribution < -0.4 is 10.2 Å². The van der Waals surface area contributed by atoms with E-state index in [9.17, 15) is 0 Å². The van der Waals surface area contributed by atoms with E-state index in [0.717, 1.165) is 12.6 Å². The van der Waals surface area contributed by atoms with Gasteiger partial charge >= 0.3 is 0 Å². The van der Waals surface area contributed by atoms with Gasteiger partial charge in [0.1, 0.15) is 0 Å². The minimum Gasteiger partial charge on any atom is -0.374 e. The van der Waals surface area contributed by atoms with Crippen LogP contribution in [0.5, 0.6) is 0 Å². The summed E-state index contributed by atoms with van der Waals surface area (Å²) in [4.78, 5) is 2.39. The number of unbranched alkanes of at least 4 members (excludes halogenated alkanes) is 2. The fraction of sp³-hybridized carbons (Fsp3) is 0.647.